The molecule has 0 spiro atoms. The molecule has 0 aliphatic heterocycles. The van der Waals surface area contributed by atoms with Gasteiger partial charge in [0.1, 0.15) is 11.5 Å². The highest BCUT2D eigenvalue weighted by Gasteiger charge is 2.04. The molecule has 0 aliphatic carbocycles. The Morgan fingerprint density at radius 2 is 1.82 bits per heavy atom. The van der Waals surface area contributed by atoms with Crippen molar-refractivity contribution < 1.29 is 14.3 Å². The standard InChI is InChI=1S/C21H20BrN3O3/c1-15-11-16(13-25(15)18-5-9-19(27-2)10-6-18)12-23-24-21(26)14-28-20-7-3-17(22)4-8-20/h3-13H,14H2,1-2H3,(H,24,26)/b23-12-. The Morgan fingerprint density at radius 1 is 1.14 bits per heavy atom. The van der Waals surface area contributed by atoms with Gasteiger partial charge in [0.05, 0.1) is 13.3 Å². The van der Waals surface area contributed by atoms with Gasteiger partial charge in [-0.25, -0.2) is 5.43 Å². The number of benzene rings is 2. The highest BCUT2D eigenvalue weighted by molar-refractivity contribution is 9.10. The van der Waals surface area contributed by atoms with E-state index < -0.39 is 0 Å². The summed E-state index contributed by atoms with van der Waals surface area (Å²) in [6, 6.07) is 17.0. The molecule has 1 amide bonds. The van der Waals surface area contributed by atoms with Gasteiger partial charge < -0.3 is 14.0 Å². The van der Waals surface area contributed by atoms with Crippen LogP contribution >= 0.6 is 15.9 Å². The third-order valence-electron chi connectivity index (χ3n) is 3.97. The molecule has 7 heteroatoms. The van der Waals surface area contributed by atoms with Crippen LogP contribution in [0.25, 0.3) is 5.69 Å². The summed E-state index contributed by atoms with van der Waals surface area (Å²) in [5.74, 6) is 1.10. The number of hydrogen-bond acceptors (Lipinski definition) is 4. The van der Waals surface area contributed by atoms with E-state index in [4.69, 9.17) is 9.47 Å². The number of carbonyl (C=O) groups is 1. The molecular weight excluding hydrogens is 422 g/mol. The van der Waals surface area contributed by atoms with Gasteiger partial charge in [0.2, 0.25) is 0 Å². The first-order valence-electron chi connectivity index (χ1n) is 8.59. The lowest BCUT2D eigenvalue weighted by Crippen LogP contribution is -2.24. The van der Waals surface area contributed by atoms with Gasteiger partial charge in [-0.05, 0) is 61.5 Å². The fraction of sp³-hybridized carbons (Fsp3) is 0.143. The summed E-state index contributed by atoms with van der Waals surface area (Å²) in [7, 11) is 1.64. The summed E-state index contributed by atoms with van der Waals surface area (Å²) >= 11 is 3.35. The summed E-state index contributed by atoms with van der Waals surface area (Å²) in [5, 5.41) is 4.00. The zero-order valence-electron chi connectivity index (χ0n) is 15.6. The number of aromatic nitrogens is 1. The van der Waals surface area contributed by atoms with Gasteiger partial charge in [0.25, 0.3) is 5.91 Å². The predicted octanol–water partition coefficient (Wildman–Crippen LogP) is 4.09. The maximum Gasteiger partial charge on any atom is 0.277 e. The third kappa shape index (κ3) is 5.23. The molecule has 0 unspecified atom stereocenters. The summed E-state index contributed by atoms with van der Waals surface area (Å²) in [6.07, 6.45) is 3.55. The number of carbonyl (C=O) groups excluding carboxylic acids is 1. The van der Waals surface area contributed by atoms with Crippen LogP contribution in [0.5, 0.6) is 11.5 Å². The van der Waals surface area contributed by atoms with E-state index >= 15 is 0 Å². The molecule has 28 heavy (non-hydrogen) atoms. The first kappa shape index (κ1) is 19.7. The minimum absolute atomic E-state index is 0.106. The van der Waals surface area contributed by atoms with E-state index in [0.29, 0.717) is 5.75 Å². The Bertz CT molecular complexity index is 964. The molecule has 0 fully saturated rings. The van der Waals surface area contributed by atoms with E-state index in [1.807, 2.05) is 60.2 Å². The molecule has 3 aromatic rings. The molecule has 0 saturated heterocycles. The average molecular weight is 442 g/mol. The molecule has 1 aromatic heterocycles. The molecule has 2 aromatic carbocycles. The van der Waals surface area contributed by atoms with Crippen LogP contribution in [0.4, 0.5) is 0 Å². The van der Waals surface area contributed by atoms with Crippen molar-refractivity contribution in [1.29, 1.82) is 0 Å². The van der Waals surface area contributed by atoms with Crippen LogP contribution in [0.2, 0.25) is 0 Å². The van der Waals surface area contributed by atoms with Gasteiger partial charge in [-0.2, -0.15) is 5.10 Å². The van der Waals surface area contributed by atoms with E-state index in [-0.39, 0.29) is 12.5 Å². The molecule has 0 atom stereocenters. The molecule has 3 rings (SSSR count). The summed E-state index contributed by atoms with van der Waals surface area (Å²) in [5.41, 5.74) is 5.41. The zero-order chi connectivity index (χ0) is 19.9. The van der Waals surface area contributed by atoms with Crippen molar-refractivity contribution in [3.63, 3.8) is 0 Å². The first-order valence-corrected chi connectivity index (χ1v) is 9.38. The number of ether oxygens (including phenoxy) is 2. The van der Waals surface area contributed by atoms with Crippen LogP contribution in [-0.4, -0.2) is 30.4 Å². The maximum absolute atomic E-state index is 11.9. The predicted molar refractivity (Wildman–Crippen MR) is 112 cm³/mol. The number of nitrogens with zero attached hydrogens (tertiary/aromatic N) is 2. The number of aryl methyl sites for hydroxylation is 1. The number of amides is 1. The van der Waals surface area contributed by atoms with Crippen LogP contribution in [0.15, 0.2) is 70.4 Å². The van der Waals surface area contributed by atoms with E-state index in [2.05, 4.69) is 26.5 Å². The second-order valence-corrected chi connectivity index (χ2v) is 6.93. The summed E-state index contributed by atoms with van der Waals surface area (Å²) in [6.45, 7) is 1.90. The van der Waals surface area contributed by atoms with Crippen molar-refractivity contribution in [1.82, 2.24) is 9.99 Å². The third-order valence-corrected chi connectivity index (χ3v) is 4.50. The minimum atomic E-state index is -0.328. The average Bonchev–Trinajstić information content (AvgIpc) is 3.08. The number of hydrazone groups is 1. The van der Waals surface area contributed by atoms with Gasteiger partial charge in [-0.3, -0.25) is 4.79 Å². The van der Waals surface area contributed by atoms with Gasteiger partial charge in [-0.15, -0.1) is 0 Å². The Labute approximate surface area is 171 Å². The SMILES string of the molecule is COc1ccc(-n2cc(/C=N\NC(=O)COc3ccc(Br)cc3)cc2C)cc1. The lowest BCUT2D eigenvalue weighted by Gasteiger charge is -2.06. The minimum Gasteiger partial charge on any atom is -0.497 e. The fourth-order valence-electron chi connectivity index (χ4n) is 2.58. The molecule has 144 valence electrons. The fourth-order valence-corrected chi connectivity index (χ4v) is 2.85. The number of hydrogen-bond donors (Lipinski definition) is 1. The Morgan fingerprint density at radius 3 is 2.50 bits per heavy atom. The molecule has 1 N–H and O–H groups in total. The van der Waals surface area contributed by atoms with Crippen molar-refractivity contribution in [3.05, 3.63) is 76.5 Å². The second kappa shape index (κ2) is 9.23. The highest BCUT2D eigenvalue weighted by Crippen LogP contribution is 2.18. The van der Waals surface area contributed by atoms with E-state index in [0.717, 1.165) is 27.2 Å². The van der Waals surface area contributed by atoms with Gasteiger partial charge in [0, 0.05) is 27.6 Å². The quantitative estimate of drug-likeness (QED) is 0.443. The molecule has 1 heterocycles. The monoisotopic (exact) mass is 441 g/mol. The summed E-state index contributed by atoms with van der Waals surface area (Å²) in [4.78, 5) is 11.9. The Balaban J connectivity index is 1.55. The van der Waals surface area contributed by atoms with Crippen molar-refractivity contribution in [2.75, 3.05) is 13.7 Å². The Hall–Kier alpha value is -3.06. The van der Waals surface area contributed by atoms with Crippen LogP contribution in [-0.2, 0) is 4.79 Å². The van der Waals surface area contributed by atoms with E-state index in [1.54, 1.807) is 25.5 Å². The number of methoxy groups -OCH3 is 1. The number of nitrogens with one attached hydrogen (secondary N) is 1. The molecule has 0 saturated carbocycles. The molecule has 0 radical (unpaired) electrons. The van der Waals surface area contributed by atoms with E-state index in [9.17, 15) is 4.79 Å². The van der Waals surface area contributed by atoms with Crippen LogP contribution in [0.1, 0.15) is 11.3 Å². The zero-order valence-corrected chi connectivity index (χ0v) is 17.1. The lowest BCUT2D eigenvalue weighted by molar-refractivity contribution is -0.123. The van der Waals surface area contributed by atoms with Crippen LogP contribution in [0, 0.1) is 6.92 Å². The van der Waals surface area contributed by atoms with Gasteiger partial charge >= 0.3 is 0 Å². The second-order valence-electron chi connectivity index (χ2n) is 6.02. The number of halogens is 1. The largest absolute Gasteiger partial charge is 0.497 e. The highest BCUT2D eigenvalue weighted by atomic mass is 79.9. The molecular formula is C21H20BrN3O3. The molecule has 6 nitrogen and oxygen atoms in total. The Kier molecular flexibility index (Phi) is 6.49. The first-order chi connectivity index (χ1) is 13.5. The maximum atomic E-state index is 11.9. The molecule has 0 bridgehead atoms. The lowest BCUT2D eigenvalue weighted by atomic mass is 10.3. The van der Waals surface area contributed by atoms with Crippen molar-refractivity contribution in [3.8, 4) is 17.2 Å². The number of rotatable bonds is 7. The topological polar surface area (TPSA) is 64.8 Å². The van der Waals surface area contributed by atoms with Gasteiger partial charge in [-0.1, -0.05) is 15.9 Å². The molecule has 0 aliphatic rings. The van der Waals surface area contributed by atoms with Crippen molar-refractivity contribution >= 4 is 28.1 Å². The van der Waals surface area contributed by atoms with E-state index in [1.165, 1.54) is 0 Å². The smallest absolute Gasteiger partial charge is 0.277 e. The van der Waals surface area contributed by atoms with Crippen molar-refractivity contribution in [2.45, 2.75) is 6.92 Å². The van der Waals surface area contributed by atoms with Crippen LogP contribution in [0.3, 0.4) is 0 Å². The summed E-state index contributed by atoms with van der Waals surface area (Å²) < 4.78 is 13.6. The van der Waals surface area contributed by atoms with Crippen LogP contribution < -0.4 is 14.9 Å². The van der Waals surface area contributed by atoms with Gasteiger partial charge in [0.15, 0.2) is 6.61 Å². The van der Waals surface area contributed by atoms with Crippen molar-refractivity contribution in [2.24, 2.45) is 5.10 Å². The normalized spacial score (nSPS) is 10.8.